The van der Waals surface area contributed by atoms with E-state index in [1.807, 2.05) is 13.0 Å². The van der Waals surface area contributed by atoms with E-state index in [2.05, 4.69) is 0 Å². The number of carbonyl (C=O) groups is 2. The highest BCUT2D eigenvalue weighted by Crippen LogP contribution is 2.03. The van der Waals surface area contributed by atoms with Crippen molar-refractivity contribution in [3.8, 4) is 0 Å². The average molecular weight is 350 g/mol. The van der Waals surface area contributed by atoms with Gasteiger partial charge in [-0.1, -0.05) is 55.5 Å². The topological polar surface area (TPSA) is 94.8 Å². The summed E-state index contributed by atoms with van der Waals surface area (Å²) in [6.45, 7) is 1.89. The summed E-state index contributed by atoms with van der Waals surface area (Å²) in [7, 11) is 0. The molecule has 0 spiro atoms. The average Bonchev–Trinajstić information content (AvgIpc) is 2.57. The summed E-state index contributed by atoms with van der Waals surface area (Å²) in [5, 5.41) is 27.4. The van der Waals surface area contributed by atoms with Crippen LogP contribution in [0.5, 0.6) is 0 Å². The third-order valence-electron chi connectivity index (χ3n) is 3.41. The largest absolute Gasteiger partial charge is 0.481 e. The monoisotopic (exact) mass is 350 g/mol. The van der Waals surface area contributed by atoms with Crippen molar-refractivity contribution >= 4 is 11.8 Å². The molecule has 0 unspecified atom stereocenters. The molecule has 0 aromatic rings. The van der Waals surface area contributed by atoms with Crippen LogP contribution in [-0.2, 0) is 9.59 Å². The van der Waals surface area contributed by atoms with E-state index in [1.165, 1.54) is 0 Å². The normalized spacial score (nSPS) is 14.8. The summed E-state index contributed by atoms with van der Waals surface area (Å²) in [6.07, 6.45) is 15.9. The van der Waals surface area contributed by atoms with Crippen LogP contribution in [0.2, 0.25) is 0 Å². The van der Waals surface area contributed by atoms with Gasteiger partial charge in [0.15, 0.2) is 0 Å². The summed E-state index contributed by atoms with van der Waals surface area (Å²) < 4.78 is 0. The minimum absolute atomic E-state index is 0.0618. The number of carbonyl (C=O) groups excluding carboxylic acids is 1. The van der Waals surface area contributed by atoms with Crippen LogP contribution < -0.4 is 0 Å². The van der Waals surface area contributed by atoms with Gasteiger partial charge in [-0.05, 0) is 25.7 Å². The van der Waals surface area contributed by atoms with Crippen molar-refractivity contribution < 1.29 is 24.9 Å². The summed E-state index contributed by atoms with van der Waals surface area (Å²) >= 11 is 0. The number of allylic oxidation sites excluding steroid dienone is 6. The third kappa shape index (κ3) is 16.7. The highest BCUT2D eigenvalue weighted by atomic mass is 16.4. The highest BCUT2D eigenvalue weighted by Gasteiger charge is 2.01. The van der Waals surface area contributed by atoms with Crippen molar-refractivity contribution in [3.05, 3.63) is 48.6 Å². The van der Waals surface area contributed by atoms with Gasteiger partial charge in [0.2, 0.25) is 0 Å². The molecule has 5 heteroatoms. The van der Waals surface area contributed by atoms with Gasteiger partial charge in [-0.15, -0.1) is 0 Å². The van der Waals surface area contributed by atoms with Crippen LogP contribution in [-0.4, -0.2) is 39.3 Å². The molecule has 25 heavy (non-hydrogen) atoms. The number of aliphatic hydroxyl groups excluding tert-OH is 2. The van der Waals surface area contributed by atoms with Gasteiger partial charge in [-0.3, -0.25) is 9.59 Å². The zero-order valence-corrected chi connectivity index (χ0v) is 14.9. The summed E-state index contributed by atoms with van der Waals surface area (Å²) in [5.74, 6) is -0.715. The fraction of sp³-hybridized carbons (Fsp3) is 0.500. The Labute approximate surface area is 150 Å². The van der Waals surface area contributed by atoms with E-state index in [1.54, 1.807) is 42.5 Å². The van der Waals surface area contributed by atoms with E-state index < -0.39 is 18.2 Å². The molecule has 0 amide bonds. The number of Topliss-reactive ketones (excluding diaryl/α,β-unsaturated/α-hetero) is 1. The fourth-order valence-electron chi connectivity index (χ4n) is 1.88. The van der Waals surface area contributed by atoms with Gasteiger partial charge in [0.05, 0.1) is 12.2 Å². The van der Waals surface area contributed by atoms with Gasteiger partial charge in [-0.2, -0.15) is 0 Å². The zero-order valence-electron chi connectivity index (χ0n) is 14.9. The molecule has 0 aliphatic heterocycles. The second-order valence-electron chi connectivity index (χ2n) is 5.74. The lowest BCUT2D eigenvalue weighted by molar-refractivity contribution is -0.137. The maximum absolute atomic E-state index is 11.6. The molecule has 140 valence electrons. The number of hydrogen-bond donors (Lipinski definition) is 3. The minimum Gasteiger partial charge on any atom is -0.481 e. The molecular weight excluding hydrogens is 320 g/mol. The predicted octanol–water partition coefficient (Wildman–Crippen LogP) is 3.34. The lowest BCUT2D eigenvalue weighted by atomic mass is 10.1. The molecule has 0 fully saturated rings. The predicted molar refractivity (Wildman–Crippen MR) is 99.2 cm³/mol. The Balaban J connectivity index is 3.80. The van der Waals surface area contributed by atoms with Crippen molar-refractivity contribution in [2.24, 2.45) is 0 Å². The van der Waals surface area contributed by atoms with Gasteiger partial charge in [0.25, 0.3) is 0 Å². The smallest absolute Gasteiger partial charge is 0.303 e. The number of hydrogen-bond acceptors (Lipinski definition) is 4. The van der Waals surface area contributed by atoms with E-state index in [-0.39, 0.29) is 12.2 Å². The molecule has 0 aliphatic carbocycles. The first-order valence-electron chi connectivity index (χ1n) is 8.72. The number of carboxylic acid groups (broad SMARTS) is 1. The molecule has 0 saturated heterocycles. The van der Waals surface area contributed by atoms with Gasteiger partial charge in [0.1, 0.15) is 5.78 Å². The molecule has 0 heterocycles. The standard InChI is InChI=1S/C20H30O5/c1-2-17(21)11-8-5-9-14-18(22)12-6-3-4-7-13-19(23)15-10-16-20(24)25/h3-5,7-9,11,13,17,19,21,23H,2,6,10,12,14-16H2,1H3,(H,24,25)/b4-3+,9-5-,11-8+,13-7-/t17-,19+/m0/s1. The zero-order chi connectivity index (χ0) is 18.9. The van der Waals surface area contributed by atoms with E-state index >= 15 is 0 Å². The van der Waals surface area contributed by atoms with Crippen molar-refractivity contribution in [2.45, 2.75) is 64.1 Å². The lowest BCUT2D eigenvalue weighted by Gasteiger charge is -2.02. The van der Waals surface area contributed by atoms with Crippen LogP contribution in [0.4, 0.5) is 0 Å². The Kier molecular flexibility index (Phi) is 14.3. The van der Waals surface area contributed by atoms with Crippen LogP contribution >= 0.6 is 0 Å². The quantitative estimate of drug-likeness (QED) is 0.418. The van der Waals surface area contributed by atoms with Crippen molar-refractivity contribution in [2.75, 3.05) is 0 Å². The van der Waals surface area contributed by atoms with E-state index in [0.29, 0.717) is 38.5 Å². The van der Waals surface area contributed by atoms with Crippen LogP contribution in [0, 0.1) is 0 Å². The molecular formula is C20H30O5. The van der Waals surface area contributed by atoms with Gasteiger partial charge in [-0.25, -0.2) is 0 Å². The first-order chi connectivity index (χ1) is 12.0. The van der Waals surface area contributed by atoms with Crippen LogP contribution in [0.3, 0.4) is 0 Å². The van der Waals surface area contributed by atoms with E-state index in [4.69, 9.17) is 5.11 Å². The Bertz CT molecular complexity index is 488. The Morgan fingerprint density at radius 1 is 0.920 bits per heavy atom. The number of carboxylic acids is 1. The number of aliphatic hydroxyl groups is 2. The molecule has 0 saturated carbocycles. The van der Waals surface area contributed by atoms with Gasteiger partial charge in [0, 0.05) is 19.3 Å². The minimum atomic E-state index is -0.856. The Hall–Kier alpha value is -1.98. The van der Waals surface area contributed by atoms with E-state index in [0.717, 1.165) is 0 Å². The molecule has 0 aliphatic rings. The van der Waals surface area contributed by atoms with Crippen molar-refractivity contribution in [3.63, 3.8) is 0 Å². The number of rotatable bonds is 14. The maximum atomic E-state index is 11.6. The van der Waals surface area contributed by atoms with Gasteiger partial charge < -0.3 is 15.3 Å². The Morgan fingerprint density at radius 2 is 1.56 bits per heavy atom. The molecule has 0 radical (unpaired) electrons. The molecule has 0 bridgehead atoms. The summed E-state index contributed by atoms with van der Waals surface area (Å²) in [5.41, 5.74) is 0. The SMILES string of the molecule is CC[C@H](O)/C=C/C=C\CC(=O)CC/C=C/C=C\[C@@H](O)CCCC(=O)O. The van der Waals surface area contributed by atoms with Crippen molar-refractivity contribution in [1.29, 1.82) is 0 Å². The van der Waals surface area contributed by atoms with E-state index in [9.17, 15) is 19.8 Å². The second kappa shape index (κ2) is 15.5. The molecule has 0 aromatic carbocycles. The molecule has 0 aromatic heterocycles. The molecule has 0 rings (SSSR count). The first kappa shape index (κ1) is 23.0. The number of ketones is 1. The van der Waals surface area contributed by atoms with Crippen LogP contribution in [0.15, 0.2) is 48.6 Å². The van der Waals surface area contributed by atoms with Crippen molar-refractivity contribution in [1.82, 2.24) is 0 Å². The lowest BCUT2D eigenvalue weighted by Crippen LogP contribution is -2.03. The number of aliphatic carboxylic acids is 1. The molecule has 3 N–H and O–H groups in total. The first-order valence-corrected chi connectivity index (χ1v) is 8.72. The summed E-state index contributed by atoms with van der Waals surface area (Å²) in [4.78, 5) is 22.0. The van der Waals surface area contributed by atoms with Gasteiger partial charge >= 0.3 is 5.97 Å². The molecule has 5 nitrogen and oxygen atoms in total. The third-order valence-corrected chi connectivity index (χ3v) is 3.41. The van der Waals surface area contributed by atoms with Crippen LogP contribution in [0.1, 0.15) is 51.9 Å². The fourth-order valence-corrected chi connectivity index (χ4v) is 1.88. The molecule has 2 atom stereocenters. The maximum Gasteiger partial charge on any atom is 0.303 e. The van der Waals surface area contributed by atoms with Crippen LogP contribution in [0.25, 0.3) is 0 Å². The Morgan fingerprint density at radius 3 is 2.20 bits per heavy atom. The highest BCUT2D eigenvalue weighted by molar-refractivity contribution is 5.79. The second-order valence-corrected chi connectivity index (χ2v) is 5.74. The summed E-state index contributed by atoms with van der Waals surface area (Å²) in [6, 6.07) is 0.